The molecule has 1 N–H and O–H groups in total. The Kier molecular flexibility index (Phi) is 8.17. The summed E-state index contributed by atoms with van der Waals surface area (Å²) in [6.45, 7) is 9.09. The van der Waals surface area contributed by atoms with Crippen LogP contribution < -0.4 is 10.2 Å². The molecule has 44 heavy (non-hydrogen) atoms. The van der Waals surface area contributed by atoms with Gasteiger partial charge in [0.1, 0.15) is 0 Å². The molecule has 4 aliphatic heterocycles. The van der Waals surface area contributed by atoms with Crippen LogP contribution in [0, 0.1) is 5.92 Å². The Bertz CT molecular complexity index is 1500. The van der Waals surface area contributed by atoms with Crippen molar-refractivity contribution in [1.82, 2.24) is 34.7 Å². The minimum Gasteiger partial charge on any atom is -0.338 e. The number of fused-ring (bicyclic) bond motifs is 2. The number of piperidine rings is 2. The lowest BCUT2D eigenvalue weighted by Gasteiger charge is -2.36. The van der Waals surface area contributed by atoms with Gasteiger partial charge in [-0.3, -0.25) is 14.2 Å². The maximum atomic E-state index is 14.5. The van der Waals surface area contributed by atoms with E-state index in [1.54, 1.807) is 37.0 Å². The summed E-state index contributed by atoms with van der Waals surface area (Å²) in [5.41, 5.74) is 5.17. The maximum absolute atomic E-state index is 14.5. The average molecular weight is 607 g/mol. The van der Waals surface area contributed by atoms with Gasteiger partial charge in [-0.2, -0.15) is 10.2 Å². The van der Waals surface area contributed by atoms with E-state index in [9.17, 15) is 13.6 Å². The second-order valence-corrected chi connectivity index (χ2v) is 13.1. The van der Waals surface area contributed by atoms with Crippen molar-refractivity contribution in [1.29, 1.82) is 0 Å². The summed E-state index contributed by atoms with van der Waals surface area (Å²) in [5, 5.41) is 13.2. The first-order chi connectivity index (χ1) is 21.4. The molecule has 0 bridgehead atoms. The molecule has 11 heteroatoms. The molecule has 6 heterocycles. The number of hydrogen-bond acceptors (Lipinski definition) is 6. The first-order valence-electron chi connectivity index (χ1n) is 16.4. The monoisotopic (exact) mass is 606 g/mol. The lowest BCUT2D eigenvalue weighted by atomic mass is 9.93. The highest BCUT2D eigenvalue weighted by molar-refractivity contribution is 5.77. The van der Waals surface area contributed by atoms with E-state index in [2.05, 4.69) is 24.9 Å². The van der Waals surface area contributed by atoms with E-state index in [1.165, 1.54) is 25.1 Å². The summed E-state index contributed by atoms with van der Waals surface area (Å²) in [6.07, 6.45) is 6.25. The van der Waals surface area contributed by atoms with Gasteiger partial charge in [0, 0.05) is 87.4 Å². The molecule has 1 amide bonds. The van der Waals surface area contributed by atoms with E-state index < -0.39 is 6.43 Å². The third-order valence-corrected chi connectivity index (χ3v) is 10.2. The highest BCUT2D eigenvalue weighted by atomic mass is 19.3. The van der Waals surface area contributed by atoms with Crippen LogP contribution in [-0.4, -0.2) is 81.1 Å². The van der Waals surface area contributed by atoms with Gasteiger partial charge in [0.2, 0.25) is 5.91 Å². The number of halogens is 2. The Morgan fingerprint density at radius 3 is 2.55 bits per heavy atom. The smallest absolute Gasteiger partial charge is 0.264 e. The molecule has 0 saturated carbocycles. The third-order valence-electron chi connectivity index (χ3n) is 10.2. The van der Waals surface area contributed by atoms with Gasteiger partial charge >= 0.3 is 0 Å². The molecule has 2 fully saturated rings. The molecular weight excluding hydrogens is 562 g/mol. The number of hydrogen-bond donors (Lipinski definition) is 1. The molecule has 0 radical (unpaired) electrons. The van der Waals surface area contributed by atoms with E-state index in [4.69, 9.17) is 5.10 Å². The topological polar surface area (TPSA) is 74.5 Å². The molecule has 4 aliphatic rings. The van der Waals surface area contributed by atoms with Crippen molar-refractivity contribution in [3.05, 3.63) is 46.8 Å². The van der Waals surface area contributed by atoms with E-state index >= 15 is 0 Å². The molecule has 3 aromatic rings. The number of anilines is 2. The largest absolute Gasteiger partial charge is 0.338 e. The molecular formula is C33H44F2N8O. The van der Waals surface area contributed by atoms with Crippen LogP contribution in [0.2, 0.25) is 0 Å². The minimum absolute atomic E-state index is 0.00543. The normalized spacial score (nSPS) is 20.3. The molecule has 2 saturated heterocycles. The Morgan fingerprint density at radius 2 is 1.84 bits per heavy atom. The fraction of sp³-hybridized carbons (Fsp3) is 0.606. The number of aromatic nitrogens is 4. The lowest BCUT2D eigenvalue weighted by Crippen LogP contribution is -2.41. The summed E-state index contributed by atoms with van der Waals surface area (Å²) in [4.78, 5) is 19.2. The zero-order valence-corrected chi connectivity index (χ0v) is 25.9. The predicted molar refractivity (Wildman–Crippen MR) is 166 cm³/mol. The van der Waals surface area contributed by atoms with Crippen molar-refractivity contribution in [2.75, 3.05) is 50.7 Å². The van der Waals surface area contributed by atoms with E-state index in [0.717, 1.165) is 86.8 Å². The van der Waals surface area contributed by atoms with Crippen LogP contribution in [0.1, 0.15) is 73.9 Å². The number of benzene rings is 1. The van der Waals surface area contributed by atoms with Crippen LogP contribution >= 0.6 is 0 Å². The number of nitrogens with zero attached hydrogens (tertiary/aromatic N) is 7. The maximum Gasteiger partial charge on any atom is 0.264 e. The fourth-order valence-electron chi connectivity index (χ4n) is 7.82. The molecule has 236 valence electrons. The fourth-order valence-corrected chi connectivity index (χ4v) is 7.82. The van der Waals surface area contributed by atoms with E-state index in [-0.39, 0.29) is 11.5 Å². The highest BCUT2D eigenvalue weighted by Crippen LogP contribution is 2.43. The second-order valence-electron chi connectivity index (χ2n) is 13.1. The van der Waals surface area contributed by atoms with Gasteiger partial charge in [0.05, 0.1) is 18.3 Å². The standard InChI is InChI=1S/C33H44F2N8O/c1-22(44)41-17-10-30-28(21-41)33(38-43(30)25-7-15-40(16-8-25)20-23-5-11-36-12-6-23)42-13-3-4-24-18-26(29-9-14-39(2)37-29)27(32(34)35)19-31(24)42/h9,14,18-19,23,25,32,36H,3-8,10-13,15-17,20-21H2,1-2H3. The summed E-state index contributed by atoms with van der Waals surface area (Å²) in [7, 11) is 1.80. The van der Waals surface area contributed by atoms with Crippen molar-refractivity contribution < 1.29 is 13.6 Å². The number of rotatable bonds is 6. The number of nitrogens with one attached hydrogen (secondary N) is 1. The minimum atomic E-state index is -2.63. The molecule has 7 rings (SSSR count). The molecule has 9 nitrogen and oxygen atoms in total. The van der Waals surface area contributed by atoms with Crippen molar-refractivity contribution in [2.45, 2.75) is 70.9 Å². The van der Waals surface area contributed by atoms with Crippen LogP contribution in [-0.2, 0) is 31.2 Å². The molecule has 0 unspecified atom stereocenters. The molecule has 0 atom stereocenters. The van der Waals surface area contributed by atoms with Crippen molar-refractivity contribution in [3.8, 4) is 11.3 Å². The lowest BCUT2D eigenvalue weighted by molar-refractivity contribution is -0.129. The summed E-state index contributed by atoms with van der Waals surface area (Å²) in [5.74, 6) is 1.67. The van der Waals surface area contributed by atoms with Crippen LogP contribution in [0.4, 0.5) is 20.3 Å². The molecule has 1 aromatic carbocycles. The second kappa shape index (κ2) is 12.2. The van der Waals surface area contributed by atoms with Crippen LogP contribution in [0.15, 0.2) is 24.4 Å². The number of aryl methyl sites for hydroxylation is 2. The van der Waals surface area contributed by atoms with E-state index in [1.807, 2.05) is 11.0 Å². The summed E-state index contributed by atoms with van der Waals surface area (Å²) >= 11 is 0. The van der Waals surface area contributed by atoms with Gasteiger partial charge in [0.15, 0.2) is 5.82 Å². The molecule has 0 aliphatic carbocycles. The van der Waals surface area contributed by atoms with Crippen molar-refractivity contribution >= 4 is 17.4 Å². The number of carbonyl (C=O) groups excluding carboxylic acids is 1. The van der Waals surface area contributed by atoms with Crippen LogP contribution in [0.5, 0.6) is 0 Å². The first-order valence-corrected chi connectivity index (χ1v) is 16.4. The number of amides is 1. The number of likely N-dealkylation sites (tertiary alicyclic amines) is 1. The third kappa shape index (κ3) is 5.64. The quantitative estimate of drug-likeness (QED) is 0.433. The van der Waals surface area contributed by atoms with Gasteiger partial charge in [-0.25, -0.2) is 8.78 Å². The number of carbonyl (C=O) groups is 1. The molecule has 2 aromatic heterocycles. The van der Waals surface area contributed by atoms with Crippen LogP contribution in [0.3, 0.4) is 0 Å². The van der Waals surface area contributed by atoms with Gasteiger partial charge in [-0.15, -0.1) is 0 Å². The van der Waals surface area contributed by atoms with E-state index in [0.29, 0.717) is 36.9 Å². The Balaban J connectivity index is 1.21. The van der Waals surface area contributed by atoms with Gasteiger partial charge < -0.3 is 20.0 Å². The Morgan fingerprint density at radius 1 is 1.05 bits per heavy atom. The predicted octanol–water partition coefficient (Wildman–Crippen LogP) is 4.85. The first kappa shape index (κ1) is 29.4. The van der Waals surface area contributed by atoms with Crippen LogP contribution in [0.25, 0.3) is 11.3 Å². The Hall–Kier alpha value is -3.31. The van der Waals surface area contributed by atoms with Gasteiger partial charge in [-0.05, 0) is 81.3 Å². The van der Waals surface area contributed by atoms with Gasteiger partial charge in [-0.1, -0.05) is 0 Å². The SMILES string of the molecule is CC(=O)N1CCc2c(c(N3CCCc4cc(-c5ccn(C)n5)c(C(F)F)cc43)nn2C2CCN(CC3CCNCC3)CC2)C1. The average Bonchev–Trinajstić information content (AvgIpc) is 3.64. The van der Waals surface area contributed by atoms with Crippen molar-refractivity contribution in [2.24, 2.45) is 13.0 Å². The molecule has 0 spiro atoms. The van der Waals surface area contributed by atoms with Gasteiger partial charge in [0.25, 0.3) is 6.43 Å². The zero-order valence-electron chi connectivity index (χ0n) is 25.9. The number of alkyl halides is 2. The summed E-state index contributed by atoms with van der Waals surface area (Å²) < 4.78 is 33.0. The summed E-state index contributed by atoms with van der Waals surface area (Å²) in [6, 6.07) is 5.67. The Labute approximate surface area is 258 Å². The zero-order chi connectivity index (χ0) is 30.4. The van der Waals surface area contributed by atoms with Crippen molar-refractivity contribution in [3.63, 3.8) is 0 Å². The highest BCUT2D eigenvalue weighted by Gasteiger charge is 2.35.